The summed E-state index contributed by atoms with van der Waals surface area (Å²) in [5.74, 6) is -0.188. The molecule has 3 aromatic heterocycles. The molecule has 0 fully saturated rings. The van der Waals surface area contributed by atoms with E-state index in [1.54, 1.807) is 25.4 Å². The molecule has 9 heteroatoms. The van der Waals surface area contributed by atoms with Crippen LogP contribution < -0.4 is 10.1 Å². The van der Waals surface area contributed by atoms with E-state index >= 15 is 0 Å². The van der Waals surface area contributed by atoms with Gasteiger partial charge in [-0.05, 0) is 36.8 Å². The molecule has 6 nitrogen and oxygen atoms in total. The highest BCUT2D eigenvalue weighted by molar-refractivity contribution is 5.87. The number of alkyl halides is 3. The number of halogens is 3. The highest BCUT2D eigenvalue weighted by atomic mass is 19.4. The van der Waals surface area contributed by atoms with Crippen molar-refractivity contribution >= 4 is 16.9 Å². The summed E-state index contributed by atoms with van der Waals surface area (Å²) in [7, 11) is 0. The van der Waals surface area contributed by atoms with E-state index in [2.05, 4.69) is 25.0 Å². The SMILES string of the molecule is C[C@@H](NC(=O)Cc1c[nH]c2ncccc12)c1ccc(OCC(F)(F)F)cn1. The van der Waals surface area contributed by atoms with Gasteiger partial charge < -0.3 is 15.0 Å². The minimum absolute atomic E-state index is 0.0147. The van der Waals surface area contributed by atoms with Crippen molar-refractivity contribution in [1.82, 2.24) is 20.3 Å². The smallest absolute Gasteiger partial charge is 0.422 e. The van der Waals surface area contributed by atoms with Crippen LogP contribution in [0.2, 0.25) is 0 Å². The molecule has 3 aromatic rings. The third-order valence-electron chi connectivity index (χ3n) is 3.87. The van der Waals surface area contributed by atoms with Gasteiger partial charge in [0.1, 0.15) is 11.4 Å². The second kappa shape index (κ2) is 7.65. The normalized spacial score (nSPS) is 12.7. The first kappa shape index (κ1) is 18.7. The Kier molecular flexibility index (Phi) is 5.29. The molecule has 0 aliphatic carbocycles. The number of nitrogens with zero attached hydrogens (tertiary/aromatic N) is 2. The number of rotatable bonds is 6. The van der Waals surface area contributed by atoms with Crippen LogP contribution in [0.4, 0.5) is 13.2 Å². The standard InChI is InChI=1S/C18H17F3N4O2/c1-11(15-5-4-13(9-23-15)27-10-18(19,20)21)25-16(26)7-12-8-24-17-14(12)3-2-6-22-17/h2-6,8-9,11H,7,10H2,1H3,(H,22,24)(H,25,26)/t11-/m1/s1. The minimum atomic E-state index is -4.40. The predicted octanol–water partition coefficient (Wildman–Crippen LogP) is 3.32. The van der Waals surface area contributed by atoms with Gasteiger partial charge >= 0.3 is 6.18 Å². The van der Waals surface area contributed by atoms with Crippen LogP contribution in [0.15, 0.2) is 42.9 Å². The van der Waals surface area contributed by atoms with E-state index in [1.165, 1.54) is 18.3 Å². The molecule has 142 valence electrons. The number of aromatic nitrogens is 3. The number of aromatic amines is 1. The monoisotopic (exact) mass is 378 g/mol. The third kappa shape index (κ3) is 4.96. The highest BCUT2D eigenvalue weighted by Crippen LogP contribution is 2.20. The van der Waals surface area contributed by atoms with E-state index in [0.29, 0.717) is 11.3 Å². The fraction of sp³-hybridized carbons (Fsp3) is 0.278. The number of pyridine rings is 2. The summed E-state index contributed by atoms with van der Waals surface area (Å²) in [5, 5.41) is 3.70. The van der Waals surface area contributed by atoms with E-state index in [0.717, 1.165) is 10.9 Å². The van der Waals surface area contributed by atoms with Crippen LogP contribution in [0.25, 0.3) is 11.0 Å². The minimum Gasteiger partial charge on any atom is -0.483 e. The average molecular weight is 378 g/mol. The lowest BCUT2D eigenvalue weighted by Crippen LogP contribution is -2.28. The van der Waals surface area contributed by atoms with E-state index in [9.17, 15) is 18.0 Å². The third-order valence-corrected chi connectivity index (χ3v) is 3.87. The maximum absolute atomic E-state index is 12.3. The summed E-state index contributed by atoms with van der Waals surface area (Å²) >= 11 is 0. The molecule has 0 bridgehead atoms. The first-order chi connectivity index (χ1) is 12.8. The Bertz CT molecular complexity index is 922. The molecule has 0 unspecified atom stereocenters. The number of fused-ring (bicyclic) bond motifs is 1. The summed E-state index contributed by atoms with van der Waals surface area (Å²) in [4.78, 5) is 23.5. The van der Waals surface area contributed by atoms with Gasteiger partial charge in [-0.1, -0.05) is 0 Å². The summed E-state index contributed by atoms with van der Waals surface area (Å²) in [6, 6.07) is 6.19. The number of ether oxygens (including phenoxy) is 1. The van der Waals surface area contributed by atoms with E-state index in [4.69, 9.17) is 0 Å². The van der Waals surface area contributed by atoms with Crippen molar-refractivity contribution in [2.24, 2.45) is 0 Å². The van der Waals surface area contributed by atoms with Crippen LogP contribution in [-0.2, 0) is 11.2 Å². The van der Waals surface area contributed by atoms with E-state index < -0.39 is 18.8 Å². The molecule has 0 aliphatic heterocycles. The molecule has 27 heavy (non-hydrogen) atoms. The Labute approximate surface area is 152 Å². The fourth-order valence-corrected chi connectivity index (χ4v) is 2.60. The van der Waals surface area contributed by atoms with Crippen molar-refractivity contribution < 1.29 is 22.7 Å². The summed E-state index contributed by atoms with van der Waals surface area (Å²) < 4.78 is 41.1. The second-order valence-electron chi connectivity index (χ2n) is 6.00. The molecule has 0 saturated heterocycles. The lowest BCUT2D eigenvalue weighted by Gasteiger charge is -2.14. The Morgan fingerprint density at radius 2 is 2.11 bits per heavy atom. The molecule has 1 atom stereocenters. The zero-order valence-corrected chi connectivity index (χ0v) is 14.4. The van der Waals surface area contributed by atoms with Crippen molar-refractivity contribution in [3.05, 3.63) is 54.1 Å². The average Bonchev–Trinajstić information content (AvgIpc) is 3.03. The molecule has 3 rings (SSSR count). The second-order valence-corrected chi connectivity index (χ2v) is 6.00. The highest BCUT2D eigenvalue weighted by Gasteiger charge is 2.28. The van der Waals surface area contributed by atoms with Crippen LogP contribution in [0.3, 0.4) is 0 Å². The molecule has 0 saturated carbocycles. The number of carbonyl (C=O) groups is 1. The van der Waals surface area contributed by atoms with E-state index in [1.807, 2.05) is 6.07 Å². The molecule has 0 radical (unpaired) electrons. The van der Waals surface area contributed by atoms with Crippen molar-refractivity contribution in [3.8, 4) is 5.75 Å². The first-order valence-electron chi connectivity index (χ1n) is 8.17. The predicted molar refractivity (Wildman–Crippen MR) is 92.1 cm³/mol. The van der Waals surface area contributed by atoms with Gasteiger partial charge in [0.25, 0.3) is 0 Å². The molecule has 3 heterocycles. The summed E-state index contributed by atoms with van der Waals surface area (Å²) in [6.07, 6.45) is 0.376. The molecule has 2 N–H and O–H groups in total. The number of nitrogens with one attached hydrogen (secondary N) is 2. The van der Waals surface area contributed by atoms with Crippen LogP contribution in [0.5, 0.6) is 5.75 Å². The largest absolute Gasteiger partial charge is 0.483 e. The van der Waals surface area contributed by atoms with Crippen molar-refractivity contribution in [1.29, 1.82) is 0 Å². The maximum Gasteiger partial charge on any atom is 0.422 e. The van der Waals surface area contributed by atoms with Crippen LogP contribution >= 0.6 is 0 Å². The van der Waals surface area contributed by atoms with E-state index in [-0.39, 0.29) is 18.1 Å². The molecular weight excluding hydrogens is 361 g/mol. The zero-order chi connectivity index (χ0) is 19.4. The molecular formula is C18H17F3N4O2. The van der Waals surface area contributed by atoms with Crippen LogP contribution in [-0.4, -0.2) is 33.6 Å². The lowest BCUT2D eigenvalue weighted by atomic mass is 10.1. The van der Waals surface area contributed by atoms with Gasteiger partial charge in [0.05, 0.1) is 24.4 Å². The number of carbonyl (C=O) groups excluding carboxylic acids is 1. The quantitative estimate of drug-likeness (QED) is 0.690. The summed E-state index contributed by atoms with van der Waals surface area (Å²) in [6.45, 7) is 0.368. The Balaban J connectivity index is 1.58. The Morgan fingerprint density at radius 1 is 1.30 bits per heavy atom. The van der Waals surface area contributed by atoms with Crippen molar-refractivity contribution in [2.75, 3.05) is 6.61 Å². The van der Waals surface area contributed by atoms with Gasteiger partial charge in [0.2, 0.25) is 5.91 Å². The molecule has 0 aliphatic rings. The lowest BCUT2D eigenvalue weighted by molar-refractivity contribution is -0.153. The first-order valence-corrected chi connectivity index (χ1v) is 8.17. The molecule has 0 spiro atoms. The molecule has 1 amide bonds. The van der Waals surface area contributed by atoms with Gasteiger partial charge in [-0.3, -0.25) is 9.78 Å². The van der Waals surface area contributed by atoms with Crippen LogP contribution in [0.1, 0.15) is 24.2 Å². The maximum atomic E-state index is 12.3. The Hall–Kier alpha value is -3.10. The number of hydrogen-bond acceptors (Lipinski definition) is 4. The Morgan fingerprint density at radius 3 is 2.81 bits per heavy atom. The van der Waals surface area contributed by atoms with Crippen LogP contribution in [0, 0.1) is 0 Å². The van der Waals surface area contributed by atoms with Gasteiger partial charge in [0.15, 0.2) is 6.61 Å². The van der Waals surface area contributed by atoms with Gasteiger partial charge in [-0.2, -0.15) is 13.2 Å². The number of H-pyrrole nitrogens is 1. The topological polar surface area (TPSA) is 79.9 Å². The molecule has 0 aromatic carbocycles. The number of amides is 1. The fourth-order valence-electron chi connectivity index (χ4n) is 2.60. The number of hydrogen-bond donors (Lipinski definition) is 2. The van der Waals surface area contributed by atoms with Gasteiger partial charge in [-0.15, -0.1) is 0 Å². The van der Waals surface area contributed by atoms with Crippen molar-refractivity contribution in [3.63, 3.8) is 0 Å². The van der Waals surface area contributed by atoms with Crippen molar-refractivity contribution in [2.45, 2.75) is 25.6 Å². The summed E-state index contributed by atoms with van der Waals surface area (Å²) in [5.41, 5.74) is 2.06. The zero-order valence-electron chi connectivity index (χ0n) is 14.4. The van der Waals surface area contributed by atoms with Gasteiger partial charge in [0, 0.05) is 17.8 Å². The van der Waals surface area contributed by atoms with Gasteiger partial charge in [-0.25, -0.2) is 4.98 Å².